The Balaban J connectivity index is 2.76. The van der Waals surface area contributed by atoms with Crippen molar-refractivity contribution in [3.63, 3.8) is 0 Å². The molecule has 1 aromatic rings. The highest BCUT2D eigenvalue weighted by atomic mass is 19.1. The number of nitrogens with one attached hydrogen (secondary N) is 1. The molecule has 0 aromatic heterocycles. The predicted molar refractivity (Wildman–Crippen MR) is 69.3 cm³/mol. The molecule has 0 unspecified atom stereocenters. The lowest BCUT2D eigenvalue weighted by Gasteiger charge is -2.21. The summed E-state index contributed by atoms with van der Waals surface area (Å²) in [5.74, 6) is -1.29. The number of benzene rings is 1. The zero-order chi connectivity index (χ0) is 14.6. The maximum Gasteiger partial charge on any atom is 0.313 e. The van der Waals surface area contributed by atoms with Crippen molar-refractivity contribution in [3.8, 4) is 0 Å². The molecule has 1 rings (SSSR count). The van der Waals surface area contributed by atoms with Crippen molar-refractivity contribution in [3.05, 3.63) is 35.1 Å². The van der Waals surface area contributed by atoms with Gasteiger partial charge in [0.15, 0.2) is 0 Å². The summed E-state index contributed by atoms with van der Waals surface area (Å²) < 4.78 is 17.8. The van der Waals surface area contributed by atoms with Crippen LogP contribution in [-0.2, 0) is 9.53 Å². The van der Waals surface area contributed by atoms with Crippen molar-refractivity contribution in [2.24, 2.45) is 5.41 Å². The van der Waals surface area contributed by atoms with Crippen LogP contribution in [0.3, 0.4) is 0 Å². The van der Waals surface area contributed by atoms with Gasteiger partial charge in [-0.2, -0.15) is 0 Å². The molecule has 0 heterocycles. The molecule has 0 bridgehead atoms. The largest absolute Gasteiger partial charge is 0.469 e. The van der Waals surface area contributed by atoms with Crippen LogP contribution in [0.2, 0.25) is 0 Å². The van der Waals surface area contributed by atoms with E-state index in [4.69, 9.17) is 0 Å². The second kappa shape index (κ2) is 5.82. The van der Waals surface area contributed by atoms with Crippen LogP contribution in [0.25, 0.3) is 0 Å². The number of halogens is 1. The van der Waals surface area contributed by atoms with E-state index >= 15 is 0 Å². The highest BCUT2D eigenvalue weighted by Crippen LogP contribution is 2.16. The van der Waals surface area contributed by atoms with Crippen molar-refractivity contribution in [1.82, 2.24) is 5.32 Å². The first-order valence-corrected chi connectivity index (χ1v) is 5.90. The van der Waals surface area contributed by atoms with Crippen molar-refractivity contribution in [2.45, 2.75) is 20.8 Å². The van der Waals surface area contributed by atoms with Crippen LogP contribution in [-0.4, -0.2) is 25.5 Å². The van der Waals surface area contributed by atoms with E-state index in [0.717, 1.165) is 0 Å². The number of esters is 1. The van der Waals surface area contributed by atoms with Crippen LogP contribution in [0.4, 0.5) is 4.39 Å². The highest BCUT2D eigenvalue weighted by molar-refractivity contribution is 5.95. The summed E-state index contributed by atoms with van der Waals surface area (Å²) in [6, 6.07) is 4.01. The van der Waals surface area contributed by atoms with Gasteiger partial charge in [-0.05, 0) is 38.5 Å². The lowest BCUT2D eigenvalue weighted by molar-refractivity contribution is -0.150. The molecule has 0 aliphatic rings. The first-order chi connectivity index (χ1) is 8.77. The van der Waals surface area contributed by atoms with Crippen molar-refractivity contribution >= 4 is 11.9 Å². The SMILES string of the molecule is COC(=O)C(C)(C)CNC(=O)c1cc(F)ccc1C. The fourth-order valence-electron chi connectivity index (χ4n) is 1.58. The summed E-state index contributed by atoms with van der Waals surface area (Å²) in [7, 11) is 1.29. The fraction of sp³-hybridized carbons (Fsp3) is 0.429. The molecule has 4 nitrogen and oxygen atoms in total. The number of hydrogen-bond donors (Lipinski definition) is 1. The van der Waals surface area contributed by atoms with Crippen LogP contribution >= 0.6 is 0 Å². The Kier molecular flexibility index (Phi) is 4.64. The van der Waals surface area contributed by atoms with E-state index in [9.17, 15) is 14.0 Å². The second-order valence-corrected chi connectivity index (χ2v) is 5.02. The van der Waals surface area contributed by atoms with Gasteiger partial charge in [0.25, 0.3) is 5.91 Å². The van der Waals surface area contributed by atoms with Gasteiger partial charge in [-0.3, -0.25) is 9.59 Å². The number of aryl methyl sites for hydroxylation is 1. The number of ether oxygens (including phenoxy) is 1. The molecule has 5 heteroatoms. The Bertz CT molecular complexity index is 497. The second-order valence-electron chi connectivity index (χ2n) is 5.02. The van der Waals surface area contributed by atoms with E-state index < -0.39 is 23.1 Å². The number of rotatable bonds is 4. The van der Waals surface area contributed by atoms with Gasteiger partial charge in [0.2, 0.25) is 0 Å². The lowest BCUT2D eigenvalue weighted by atomic mass is 9.93. The van der Waals surface area contributed by atoms with Gasteiger partial charge in [-0.1, -0.05) is 6.07 Å². The minimum Gasteiger partial charge on any atom is -0.469 e. The van der Waals surface area contributed by atoms with E-state index in [1.165, 1.54) is 25.3 Å². The molecule has 1 N–H and O–H groups in total. The van der Waals surface area contributed by atoms with Gasteiger partial charge in [-0.15, -0.1) is 0 Å². The molecule has 0 saturated heterocycles. The van der Waals surface area contributed by atoms with E-state index in [1.807, 2.05) is 0 Å². The van der Waals surface area contributed by atoms with E-state index in [0.29, 0.717) is 5.56 Å². The van der Waals surface area contributed by atoms with E-state index in [2.05, 4.69) is 10.1 Å². The van der Waals surface area contributed by atoms with Crippen molar-refractivity contribution in [2.75, 3.05) is 13.7 Å². The molecule has 0 atom stereocenters. The van der Waals surface area contributed by atoms with Crippen molar-refractivity contribution in [1.29, 1.82) is 0 Å². The van der Waals surface area contributed by atoms with Gasteiger partial charge >= 0.3 is 5.97 Å². The third-order valence-corrected chi connectivity index (χ3v) is 2.87. The molecule has 104 valence electrons. The first-order valence-electron chi connectivity index (χ1n) is 5.90. The van der Waals surface area contributed by atoms with Crippen LogP contribution < -0.4 is 5.32 Å². The summed E-state index contributed by atoms with van der Waals surface area (Å²) in [6.07, 6.45) is 0. The number of hydrogen-bond acceptors (Lipinski definition) is 3. The topological polar surface area (TPSA) is 55.4 Å². The Hall–Kier alpha value is -1.91. The lowest BCUT2D eigenvalue weighted by Crippen LogP contribution is -2.39. The molecule has 0 aliphatic carbocycles. The maximum absolute atomic E-state index is 13.1. The third kappa shape index (κ3) is 3.77. The number of amides is 1. The molecule has 0 fully saturated rings. The van der Waals surface area contributed by atoms with Crippen molar-refractivity contribution < 1.29 is 18.7 Å². The van der Waals surface area contributed by atoms with E-state index in [1.54, 1.807) is 20.8 Å². The fourth-order valence-corrected chi connectivity index (χ4v) is 1.58. The zero-order valence-corrected chi connectivity index (χ0v) is 11.5. The quantitative estimate of drug-likeness (QED) is 0.850. The molecule has 19 heavy (non-hydrogen) atoms. The molecule has 1 amide bonds. The molecule has 0 radical (unpaired) electrons. The van der Waals surface area contributed by atoms with Crippen LogP contribution in [0.5, 0.6) is 0 Å². The Morgan fingerprint density at radius 3 is 2.58 bits per heavy atom. The summed E-state index contributed by atoms with van der Waals surface area (Å²) in [4.78, 5) is 23.4. The average molecular weight is 267 g/mol. The summed E-state index contributed by atoms with van der Waals surface area (Å²) >= 11 is 0. The molecule has 0 spiro atoms. The smallest absolute Gasteiger partial charge is 0.313 e. The predicted octanol–water partition coefficient (Wildman–Crippen LogP) is 2.06. The minimum atomic E-state index is -0.828. The summed E-state index contributed by atoms with van der Waals surface area (Å²) in [5.41, 5.74) is 0.112. The average Bonchev–Trinajstić information content (AvgIpc) is 2.37. The molecule has 0 aliphatic heterocycles. The monoisotopic (exact) mass is 267 g/mol. The Labute approximate surface area is 112 Å². The Morgan fingerprint density at radius 1 is 1.37 bits per heavy atom. The van der Waals surface area contributed by atoms with Crippen LogP contribution in [0, 0.1) is 18.2 Å². The number of carbonyl (C=O) groups is 2. The Morgan fingerprint density at radius 2 is 2.00 bits per heavy atom. The summed E-state index contributed by atoms with van der Waals surface area (Å²) in [5, 5.41) is 2.62. The maximum atomic E-state index is 13.1. The van der Waals surface area contributed by atoms with Gasteiger partial charge in [-0.25, -0.2) is 4.39 Å². The number of methoxy groups -OCH3 is 1. The van der Waals surface area contributed by atoms with Gasteiger partial charge in [0.05, 0.1) is 12.5 Å². The zero-order valence-electron chi connectivity index (χ0n) is 11.5. The van der Waals surface area contributed by atoms with E-state index in [-0.39, 0.29) is 12.1 Å². The van der Waals surface area contributed by atoms with Crippen LogP contribution in [0.15, 0.2) is 18.2 Å². The first kappa shape index (κ1) is 15.1. The van der Waals surface area contributed by atoms with Crippen LogP contribution in [0.1, 0.15) is 29.8 Å². The molecular formula is C14H18FNO3. The van der Waals surface area contributed by atoms with Gasteiger partial charge in [0, 0.05) is 12.1 Å². The minimum absolute atomic E-state index is 0.120. The standard InChI is InChI=1S/C14H18FNO3/c1-9-5-6-10(15)7-11(9)12(17)16-8-14(2,3)13(18)19-4/h5-7H,8H2,1-4H3,(H,16,17). The summed E-state index contributed by atoms with van der Waals surface area (Å²) in [6.45, 7) is 5.17. The molecular weight excluding hydrogens is 249 g/mol. The molecule has 0 saturated carbocycles. The molecule has 1 aromatic carbocycles. The highest BCUT2D eigenvalue weighted by Gasteiger charge is 2.29. The van der Waals surface area contributed by atoms with Gasteiger partial charge in [0.1, 0.15) is 5.82 Å². The number of carbonyl (C=O) groups excluding carboxylic acids is 2. The normalized spacial score (nSPS) is 11.0. The third-order valence-electron chi connectivity index (χ3n) is 2.87. The van der Waals surface area contributed by atoms with Gasteiger partial charge < -0.3 is 10.1 Å².